The first-order valence-corrected chi connectivity index (χ1v) is 13.4. The number of benzene rings is 2. The van der Waals surface area contributed by atoms with E-state index in [9.17, 15) is 13.2 Å². The number of carbonyl (C=O) groups excluding carboxylic acids is 1. The van der Waals surface area contributed by atoms with Crippen LogP contribution < -0.4 is 14.8 Å². The summed E-state index contributed by atoms with van der Waals surface area (Å²) in [4.78, 5) is 13.0. The minimum absolute atomic E-state index is 0.0346. The third kappa shape index (κ3) is 5.51. The molecule has 9 heteroatoms. The van der Waals surface area contributed by atoms with Gasteiger partial charge in [0.15, 0.2) is 27.0 Å². The Morgan fingerprint density at radius 3 is 2.49 bits per heavy atom. The van der Waals surface area contributed by atoms with Gasteiger partial charge >= 0.3 is 0 Å². The van der Waals surface area contributed by atoms with Crippen molar-refractivity contribution in [3.05, 3.63) is 64.8 Å². The predicted molar refractivity (Wildman–Crippen MR) is 135 cm³/mol. The first kappa shape index (κ1) is 24.8. The van der Waals surface area contributed by atoms with Gasteiger partial charge in [-0.3, -0.25) is 9.48 Å². The van der Waals surface area contributed by atoms with E-state index in [0.29, 0.717) is 30.9 Å². The van der Waals surface area contributed by atoms with Crippen LogP contribution in [0.15, 0.2) is 42.5 Å². The van der Waals surface area contributed by atoms with Crippen LogP contribution in [-0.4, -0.2) is 56.4 Å². The highest BCUT2D eigenvalue weighted by Crippen LogP contribution is 2.31. The van der Waals surface area contributed by atoms with Crippen molar-refractivity contribution in [3.63, 3.8) is 0 Å². The topological polar surface area (TPSA) is 99.5 Å². The molecule has 0 saturated carbocycles. The number of methoxy groups -OCH3 is 2. The van der Waals surface area contributed by atoms with E-state index in [0.717, 1.165) is 27.9 Å². The van der Waals surface area contributed by atoms with Crippen molar-refractivity contribution in [3.8, 4) is 22.8 Å². The molecule has 1 N–H and O–H groups in total. The smallest absolute Gasteiger partial charge is 0.271 e. The number of ether oxygens (including phenoxy) is 2. The molecule has 8 nitrogen and oxygen atoms in total. The number of aromatic nitrogens is 2. The van der Waals surface area contributed by atoms with Crippen molar-refractivity contribution in [1.82, 2.24) is 15.1 Å². The van der Waals surface area contributed by atoms with Crippen molar-refractivity contribution < 1.29 is 22.7 Å². The number of hydrogen-bond acceptors (Lipinski definition) is 6. The fourth-order valence-corrected chi connectivity index (χ4v) is 6.01. The molecule has 0 radical (unpaired) electrons. The van der Waals surface area contributed by atoms with Crippen molar-refractivity contribution >= 4 is 15.7 Å². The van der Waals surface area contributed by atoms with Crippen LogP contribution in [0.3, 0.4) is 0 Å². The molecule has 1 aromatic heterocycles. The summed E-state index contributed by atoms with van der Waals surface area (Å²) in [7, 11) is 0.0684. The van der Waals surface area contributed by atoms with Crippen LogP contribution >= 0.6 is 0 Å². The van der Waals surface area contributed by atoms with E-state index in [1.807, 2.05) is 50.2 Å². The summed E-state index contributed by atoms with van der Waals surface area (Å²) >= 11 is 0. The Bertz CT molecular complexity index is 1350. The van der Waals surface area contributed by atoms with Gasteiger partial charge < -0.3 is 14.8 Å². The number of rotatable bonds is 8. The first-order valence-electron chi connectivity index (χ1n) is 11.6. The number of nitrogens with one attached hydrogen (secondary N) is 1. The molecular weight excluding hydrogens is 466 g/mol. The zero-order valence-electron chi connectivity index (χ0n) is 20.5. The Hall–Kier alpha value is -3.33. The Morgan fingerprint density at radius 1 is 1.06 bits per heavy atom. The highest BCUT2D eigenvalue weighted by Gasteiger charge is 2.32. The highest BCUT2D eigenvalue weighted by molar-refractivity contribution is 7.91. The monoisotopic (exact) mass is 497 g/mol. The van der Waals surface area contributed by atoms with Crippen LogP contribution in [-0.2, 0) is 16.3 Å². The lowest BCUT2D eigenvalue weighted by atomic mass is 10.0. The molecule has 4 rings (SSSR count). The SMILES string of the molecule is COc1ccc(CCNC(=O)c2cc(-c3ccc(C)c(C)c3)n([C@H]3CCS(=O)(=O)C3)n2)cc1OC. The van der Waals surface area contributed by atoms with Crippen LogP contribution in [0.1, 0.15) is 39.6 Å². The van der Waals surface area contributed by atoms with E-state index in [1.165, 1.54) is 0 Å². The molecule has 35 heavy (non-hydrogen) atoms. The molecule has 1 aliphatic rings. The fourth-order valence-electron chi connectivity index (χ4n) is 4.32. The van der Waals surface area contributed by atoms with Gasteiger partial charge in [-0.1, -0.05) is 18.2 Å². The average Bonchev–Trinajstić information content (AvgIpc) is 3.44. The number of carbonyl (C=O) groups is 1. The quantitative estimate of drug-likeness (QED) is 0.511. The standard InChI is InChI=1S/C26H31N3O5S/c1-17-5-7-20(13-18(17)2)23-15-22(28-29(23)21-10-12-35(31,32)16-21)26(30)27-11-9-19-6-8-24(33-3)25(14-19)34-4/h5-8,13-15,21H,9-12,16H2,1-4H3,(H,27,30)/t21-/m0/s1. The molecule has 0 bridgehead atoms. The molecule has 1 fully saturated rings. The maximum Gasteiger partial charge on any atom is 0.271 e. The van der Waals surface area contributed by atoms with Gasteiger partial charge in [-0.25, -0.2) is 8.42 Å². The summed E-state index contributed by atoms with van der Waals surface area (Å²) < 4.78 is 36.6. The third-order valence-electron chi connectivity index (χ3n) is 6.47. The largest absolute Gasteiger partial charge is 0.493 e. The zero-order chi connectivity index (χ0) is 25.2. The highest BCUT2D eigenvalue weighted by atomic mass is 32.2. The molecule has 1 atom stereocenters. The van der Waals surface area contributed by atoms with Gasteiger partial charge in [0.05, 0.1) is 37.5 Å². The molecule has 3 aromatic rings. The van der Waals surface area contributed by atoms with Crippen molar-refractivity contribution in [1.29, 1.82) is 0 Å². The van der Waals surface area contributed by atoms with E-state index in [1.54, 1.807) is 25.0 Å². The maximum absolute atomic E-state index is 13.0. The Labute approximate surface area is 206 Å². The molecule has 1 saturated heterocycles. The van der Waals surface area contributed by atoms with Crippen molar-refractivity contribution in [2.24, 2.45) is 0 Å². The normalized spacial score (nSPS) is 16.7. The maximum atomic E-state index is 13.0. The summed E-state index contributed by atoms with van der Waals surface area (Å²) in [5, 5.41) is 7.49. The van der Waals surface area contributed by atoms with Gasteiger partial charge in [-0.2, -0.15) is 5.10 Å². The molecule has 2 aromatic carbocycles. The van der Waals surface area contributed by atoms with E-state index in [2.05, 4.69) is 10.4 Å². The molecule has 0 aliphatic carbocycles. The molecule has 1 amide bonds. The van der Waals surface area contributed by atoms with E-state index in [-0.39, 0.29) is 29.1 Å². The van der Waals surface area contributed by atoms with Crippen LogP contribution in [0.4, 0.5) is 0 Å². The minimum atomic E-state index is -3.10. The predicted octanol–water partition coefficient (Wildman–Crippen LogP) is 3.52. The van der Waals surface area contributed by atoms with Crippen LogP contribution in [0.2, 0.25) is 0 Å². The van der Waals surface area contributed by atoms with Gasteiger partial charge in [-0.05, 0) is 67.6 Å². The number of hydrogen-bond donors (Lipinski definition) is 1. The number of amides is 1. The van der Waals surface area contributed by atoms with Crippen LogP contribution in [0.5, 0.6) is 11.5 Å². The lowest BCUT2D eigenvalue weighted by molar-refractivity contribution is 0.0948. The molecule has 0 unspecified atom stereocenters. The summed E-state index contributed by atoms with van der Waals surface area (Å²) in [6, 6.07) is 13.2. The first-order chi connectivity index (χ1) is 16.7. The summed E-state index contributed by atoms with van der Waals surface area (Å²) in [6.07, 6.45) is 1.10. The second kappa shape index (κ2) is 10.1. The lowest BCUT2D eigenvalue weighted by Gasteiger charge is -2.14. The fraction of sp³-hybridized carbons (Fsp3) is 0.385. The van der Waals surface area contributed by atoms with Gasteiger partial charge in [-0.15, -0.1) is 0 Å². The van der Waals surface area contributed by atoms with E-state index >= 15 is 0 Å². The van der Waals surface area contributed by atoms with Crippen molar-refractivity contribution in [2.45, 2.75) is 32.7 Å². The number of nitrogens with zero attached hydrogens (tertiary/aromatic N) is 2. The molecule has 1 aliphatic heterocycles. The lowest BCUT2D eigenvalue weighted by Crippen LogP contribution is -2.26. The molecule has 186 valence electrons. The second-order valence-electron chi connectivity index (χ2n) is 8.91. The molecular formula is C26H31N3O5S. The number of aryl methyl sites for hydroxylation is 2. The summed E-state index contributed by atoms with van der Waals surface area (Å²) in [5.74, 6) is 1.16. The average molecular weight is 498 g/mol. The summed E-state index contributed by atoms with van der Waals surface area (Å²) in [6.45, 7) is 4.48. The van der Waals surface area contributed by atoms with Gasteiger partial charge in [0, 0.05) is 12.1 Å². The van der Waals surface area contributed by atoms with E-state index < -0.39 is 9.84 Å². The Kier molecular flexibility index (Phi) is 7.16. The Morgan fingerprint density at radius 2 is 1.83 bits per heavy atom. The van der Waals surface area contributed by atoms with Gasteiger partial charge in [0.1, 0.15) is 0 Å². The van der Waals surface area contributed by atoms with Gasteiger partial charge in [0.25, 0.3) is 5.91 Å². The molecule has 0 spiro atoms. The van der Waals surface area contributed by atoms with Crippen molar-refractivity contribution in [2.75, 3.05) is 32.3 Å². The van der Waals surface area contributed by atoms with Crippen LogP contribution in [0.25, 0.3) is 11.3 Å². The van der Waals surface area contributed by atoms with E-state index in [4.69, 9.17) is 9.47 Å². The molecule has 2 heterocycles. The summed E-state index contributed by atoms with van der Waals surface area (Å²) in [5.41, 5.74) is 5.22. The third-order valence-corrected chi connectivity index (χ3v) is 8.22. The van der Waals surface area contributed by atoms with Gasteiger partial charge in [0.2, 0.25) is 0 Å². The minimum Gasteiger partial charge on any atom is -0.493 e. The zero-order valence-corrected chi connectivity index (χ0v) is 21.3. The number of sulfone groups is 1. The Balaban J connectivity index is 1.54. The second-order valence-corrected chi connectivity index (χ2v) is 11.1. The van der Waals surface area contributed by atoms with Crippen LogP contribution in [0, 0.1) is 13.8 Å².